The molecule has 0 aromatic carbocycles. The fraction of sp³-hybridized carbons (Fsp3) is 1.00. The molecule has 0 bridgehead atoms. The van der Waals surface area contributed by atoms with Crippen molar-refractivity contribution in [3.05, 3.63) is 0 Å². The Balaban J connectivity index is 3.71. The van der Waals surface area contributed by atoms with E-state index in [1.165, 1.54) is 19.3 Å². The Labute approximate surface area is 112 Å². The van der Waals surface area contributed by atoms with E-state index in [1.807, 2.05) is 6.92 Å². The van der Waals surface area contributed by atoms with Crippen molar-refractivity contribution in [3.8, 4) is 0 Å². The normalized spacial score (nSPS) is 13.8. The van der Waals surface area contributed by atoms with E-state index in [4.69, 9.17) is 13.3 Å². The quantitative estimate of drug-likeness (QED) is 0.400. The molecule has 0 radical (unpaired) electrons. The van der Waals surface area contributed by atoms with Gasteiger partial charge in [0, 0.05) is 20.3 Å². The van der Waals surface area contributed by atoms with Crippen LogP contribution in [0.1, 0.15) is 52.4 Å². The van der Waals surface area contributed by atoms with Crippen LogP contribution in [0, 0.1) is 0 Å². The van der Waals surface area contributed by atoms with Crippen LogP contribution in [0.15, 0.2) is 0 Å². The number of rotatable bonds is 12. The molecule has 0 amide bonds. The van der Waals surface area contributed by atoms with Crippen LogP contribution in [-0.2, 0) is 13.3 Å². The van der Waals surface area contributed by atoms with Crippen molar-refractivity contribution in [1.29, 1.82) is 0 Å². The molecular formula is C13H29FO3Si. The van der Waals surface area contributed by atoms with Crippen molar-refractivity contribution < 1.29 is 17.7 Å². The maximum atomic E-state index is 13.6. The van der Waals surface area contributed by atoms with Crippen LogP contribution in [0.25, 0.3) is 0 Å². The zero-order valence-corrected chi connectivity index (χ0v) is 13.3. The Hall–Kier alpha value is 0.0269. The molecule has 0 spiro atoms. The van der Waals surface area contributed by atoms with Gasteiger partial charge in [0.15, 0.2) is 0 Å². The van der Waals surface area contributed by atoms with Gasteiger partial charge in [-0.1, -0.05) is 46.0 Å². The van der Waals surface area contributed by atoms with E-state index in [1.54, 1.807) is 14.2 Å². The highest BCUT2D eigenvalue weighted by molar-refractivity contribution is 6.60. The predicted octanol–water partition coefficient (Wildman–Crippen LogP) is 3.95. The summed E-state index contributed by atoms with van der Waals surface area (Å²) >= 11 is 0. The Morgan fingerprint density at radius 1 is 1.00 bits per heavy atom. The van der Waals surface area contributed by atoms with Gasteiger partial charge < -0.3 is 13.3 Å². The van der Waals surface area contributed by atoms with Gasteiger partial charge in [-0.15, -0.1) is 0 Å². The smallest absolute Gasteiger partial charge is 0.377 e. The highest BCUT2D eigenvalue weighted by Crippen LogP contribution is 2.16. The minimum Gasteiger partial charge on any atom is -0.377 e. The molecule has 0 aromatic heterocycles. The van der Waals surface area contributed by atoms with Crippen molar-refractivity contribution in [2.24, 2.45) is 0 Å². The van der Waals surface area contributed by atoms with Gasteiger partial charge in [0.2, 0.25) is 0 Å². The molecule has 0 aliphatic rings. The Morgan fingerprint density at radius 2 is 1.61 bits per heavy atom. The SMILES string of the molecule is CCCCCCCC(F)CO[Si](CC)(OC)OC. The summed E-state index contributed by atoms with van der Waals surface area (Å²) in [5.41, 5.74) is 0. The Morgan fingerprint density at radius 3 is 2.11 bits per heavy atom. The Kier molecular flexibility index (Phi) is 10.9. The van der Waals surface area contributed by atoms with Gasteiger partial charge in [-0.2, -0.15) is 0 Å². The van der Waals surface area contributed by atoms with Crippen molar-refractivity contribution in [2.45, 2.75) is 64.6 Å². The van der Waals surface area contributed by atoms with E-state index >= 15 is 0 Å². The number of hydrogen-bond donors (Lipinski definition) is 0. The van der Waals surface area contributed by atoms with E-state index in [0.717, 1.165) is 12.8 Å². The second kappa shape index (κ2) is 10.9. The summed E-state index contributed by atoms with van der Waals surface area (Å²) in [6.45, 7) is 4.21. The van der Waals surface area contributed by atoms with Gasteiger partial charge in [-0.05, 0) is 6.42 Å². The first-order valence-electron chi connectivity index (χ1n) is 7.02. The molecule has 0 saturated heterocycles. The topological polar surface area (TPSA) is 27.7 Å². The average Bonchev–Trinajstić information content (AvgIpc) is 2.41. The molecule has 110 valence electrons. The summed E-state index contributed by atoms with van der Waals surface area (Å²) in [6.07, 6.45) is 5.38. The number of halogens is 1. The molecular weight excluding hydrogens is 251 g/mol. The largest absolute Gasteiger partial charge is 0.500 e. The van der Waals surface area contributed by atoms with Gasteiger partial charge in [0.25, 0.3) is 0 Å². The predicted molar refractivity (Wildman–Crippen MR) is 74.5 cm³/mol. The van der Waals surface area contributed by atoms with Crippen LogP contribution in [0.3, 0.4) is 0 Å². The molecule has 3 nitrogen and oxygen atoms in total. The molecule has 0 aromatic rings. The van der Waals surface area contributed by atoms with E-state index in [2.05, 4.69) is 6.92 Å². The summed E-state index contributed by atoms with van der Waals surface area (Å²) in [6, 6.07) is 0.670. The summed E-state index contributed by atoms with van der Waals surface area (Å²) in [5.74, 6) is 0. The van der Waals surface area contributed by atoms with Crippen molar-refractivity contribution in [1.82, 2.24) is 0 Å². The fourth-order valence-corrected chi connectivity index (χ4v) is 3.48. The van der Waals surface area contributed by atoms with Crippen LogP contribution in [-0.4, -0.2) is 35.8 Å². The third-order valence-corrected chi connectivity index (χ3v) is 5.88. The maximum absolute atomic E-state index is 13.6. The van der Waals surface area contributed by atoms with E-state index in [9.17, 15) is 4.39 Å². The lowest BCUT2D eigenvalue weighted by molar-refractivity contribution is 0.0700. The van der Waals surface area contributed by atoms with Gasteiger partial charge in [0.1, 0.15) is 6.17 Å². The lowest BCUT2D eigenvalue weighted by Crippen LogP contribution is -2.44. The van der Waals surface area contributed by atoms with Gasteiger partial charge in [-0.25, -0.2) is 4.39 Å². The molecule has 5 heteroatoms. The monoisotopic (exact) mass is 280 g/mol. The minimum atomic E-state index is -2.58. The highest BCUT2D eigenvalue weighted by atomic mass is 28.4. The van der Waals surface area contributed by atoms with Gasteiger partial charge in [0.05, 0.1) is 6.61 Å². The van der Waals surface area contributed by atoms with Crippen molar-refractivity contribution in [2.75, 3.05) is 20.8 Å². The highest BCUT2D eigenvalue weighted by Gasteiger charge is 2.37. The van der Waals surface area contributed by atoms with Crippen LogP contribution in [0.5, 0.6) is 0 Å². The summed E-state index contributed by atoms with van der Waals surface area (Å²) < 4.78 is 29.7. The first-order valence-corrected chi connectivity index (χ1v) is 8.95. The Bertz CT molecular complexity index is 181. The first-order chi connectivity index (χ1) is 8.64. The van der Waals surface area contributed by atoms with Crippen LogP contribution >= 0.6 is 0 Å². The lowest BCUT2D eigenvalue weighted by atomic mass is 10.1. The molecule has 0 aliphatic carbocycles. The van der Waals surface area contributed by atoms with Crippen LogP contribution < -0.4 is 0 Å². The molecule has 1 unspecified atom stereocenters. The van der Waals surface area contributed by atoms with E-state index in [-0.39, 0.29) is 6.61 Å². The lowest BCUT2D eigenvalue weighted by Gasteiger charge is -2.25. The third-order valence-electron chi connectivity index (χ3n) is 3.16. The van der Waals surface area contributed by atoms with E-state index < -0.39 is 15.0 Å². The molecule has 0 fully saturated rings. The molecule has 0 heterocycles. The zero-order chi connectivity index (χ0) is 13.9. The molecule has 0 aliphatic heterocycles. The summed E-state index contributed by atoms with van der Waals surface area (Å²) in [7, 11) is 0.553. The van der Waals surface area contributed by atoms with Crippen molar-refractivity contribution >= 4 is 8.80 Å². The van der Waals surface area contributed by atoms with Gasteiger partial charge >= 0.3 is 8.80 Å². The van der Waals surface area contributed by atoms with Gasteiger partial charge in [-0.3, -0.25) is 0 Å². The molecule has 0 saturated carbocycles. The molecule has 18 heavy (non-hydrogen) atoms. The standard InChI is InChI=1S/C13H29FO3Si/c1-5-7-8-9-10-11-13(14)12-17-18(6-2,15-3)16-4/h13H,5-12H2,1-4H3. The second-order valence-corrected chi connectivity index (χ2v) is 7.73. The summed E-state index contributed by atoms with van der Waals surface area (Å²) in [4.78, 5) is 0. The number of alkyl halides is 1. The van der Waals surface area contributed by atoms with Crippen LogP contribution in [0.4, 0.5) is 4.39 Å². The summed E-state index contributed by atoms with van der Waals surface area (Å²) in [5, 5.41) is 0. The minimum absolute atomic E-state index is 0.0928. The van der Waals surface area contributed by atoms with E-state index in [0.29, 0.717) is 12.5 Å². The fourth-order valence-electron chi connectivity index (χ4n) is 1.86. The molecule has 0 rings (SSSR count). The average molecular weight is 280 g/mol. The number of unbranched alkanes of at least 4 members (excludes halogenated alkanes) is 4. The second-order valence-electron chi connectivity index (χ2n) is 4.56. The number of hydrogen-bond acceptors (Lipinski definition) is 3. The van der Waals surface area contributed by atoms with Crippen LogP contribution in [0.2, 0.25) is 6.04 Å². The zero-order valence-electron chi connectivity index (χ0n) is 12.3. The van der Waals surface area contributed by atoms with Crippen molar-refractivity contribution in [3.63, 3.8) is 0 Å². The first kappa shape index (κ1) is 18.0. The third kappa shape index (κ3) is 7.46. The maximum Gasteiger partial charge on any atom is 0.500 e. The molecule has 0 N–H and O–H groups in total. The molecule has 1 atom stereocenters.